The Hall–Kier alpha value is -4.67. The SMILES string of the molecule is COC(=O)c1cccc(-c2ccc(/C=C3\C(=O)N(c4cccc(C(=O)[O-])c4)N=C3C(F)(F)F)o2)c1. The number of esters is 1. The van der Waals surface area contributed by atoms with Gasteiger partial charge in [0.2, 0.25) is 0 Å². The lowest BCUT2D eigenvalue weighted by atomic mass is 10.1. The Kier molecular flexibility index (Phi) is 6.00. The maximum absolute atomic E-state index is 13.7. The van der Waals surface area contributed by atoms with Gasteiger partial charge in [-0.2, -0.15) is 23.3 Å². The van der Waals surface area contributed by atoms with Gasteiger partial charge in [0.15, 0.2) is 5.71 Å². The molecule has 1 amide bonds. The van der Waals surface area contributed by atoms with Gasteiger partial charge in [-0.3, -0.25) is 4.79 Å². The average molecular weight is 483 g/mol. The minimum Gasteiger partial charge on any atom is -0.545 e. The molecular weight excluding hydrogens is 469 g/mol. The zero-order valence-corrected chi connectivity index (χ0v) is 17.8. The number of carbonyl (C=O) groups is 3. The molecule has 0 bridgehead atoms. The number of amides is 1. The molecule has 4 rings (SSSR count). The van der Waals surface area contributed by atoms with Gasteiger partial charge < -0.3 is 19.1 Å². The van der Waals surface area contributed by atoms with Gasteiger partial charge in [-0.05, 0) is 48.0 Å². The lowest BCUT2D eigenvalue weighted by Crippen LogP contribution is -2.26. The Labute approximate surface area is 195 Å². The van der Waals surface area contributed by atoms with Crippen LogP contribution < -0.4 is 10.1 Å². The number of benzene rings is 2. The van der Waals surface area contributed by atoms with E-state index in [1.54, 1.807) is 12.1 Å². The second kappa shape index (κ2) is 8.93. The Morgan fingerprint density at radius 2 is 1.77 bits per heavy atom. The quantitative estimate of drug-likeness (QED) is 0.406. The van der Waals surface area contributed by atoms with Gasteiger partial charge in [0.1, 0.15) is 11.5 Å². The highest BCUT2D eigenvalue weighted by molar-refractivity contribution is 6.34. The molecule has 1 aliphatic rings. The van der Waals surface area contributed by atoms with Crippen LogP contribution in [0, 0.1) is 0 Å². The third-order valence-electron chi connectivity index (χ3n) is 4.95. The van der Waals surface area contributed by atoms with E-state index in [9.17, 15) is 32.7 Å². The molecule has 8 nitrogen and oxygen atoms in total. The number of aromatic carboxylic acids is 1. The molecular formula is C24H14F3N2O6-. The zero-order chi connectivity index (χ0) is 25.3. The number of hydrogen-bond donors (Lipinski definition) is 0. The minimum atomic E-state index is -4.98. The fraction of sp³-hybridized carbons (Fsp3) is 0.0833. The van der Waals surface area contributed by atoms with Crippen LogP contribution in [-0.4, -0.2) is 36.8 Å². The summed E-state index contributed by atoms with van der Waals surface area (Å²) in [6, 6.07) is 13.7. The van der Waals surface area contributed by atoms with Crippen LogP contribution in [0.25, 0.3) is 17.4 Å². The average Bonchev–Trinajstić information content (AvgIpc) is 3.44. The molecule has 1 aromatic heterocycles. The number of halogens is 3. The number of ether oxygens (including phenoxy) is 1. The predicted octanol–water partition coefficient (Wildman–Crippen LogP) is 3.45. The lowest BCUT2D eigenvalue weighted by molar-refractivity contribution is -0.255. The fourth-order valence-corrected chi connectivity index (χ4v) is 3.34. The Morgan fingerprint density at radius 3 is 2.46 bits per heavy atom. The number of carbonyl (C=O) groups excluding carboxylic acids is 3. The number of hydrogen-bond acceptors (Lipinski definition) is 7. The summed E-state index contributed by atoms with van der Waals surface area (Å²) >= 11 is 0. The maximum atomic E-state index is 13.7. The standard InChI is InChI=1S/C24H15F3N2O6/c1-34-23(33)15-6-2-4-13(10-15)19-9-8-17(35-19)12-18-20(24(25,26)27)28-29(21(18)30)16-7-3-5-14(11-16)22(31)32/h2-12H,1H3,(H,31,32)/p-1/b18-12-. The third-order valence-corrected chi connectivity index (χ3v) is 4.95. The summed E-state index contributed by atoms with van der Waals surface area (Å²) in [5, 5.41) is 15.0. The van der Waals surface area contributed by atoms with Crippen LogP contribution in [0.15, 0.2) is 75.8 Å². The Bertz CT molecular complexity index is 1400. The van der Waals surface area contributed by atoms with Crippen LogP contribution in [0.1, 0.15) is 26.5 Å². The molecule has 0 saturated carbocycles. The number of alkyl halides is 3. The topological polar surface area (TPSA) is 112 Å². The van der Waals surface area contributed by atoms with Crippen LogP contribution in [-0.2, 0) is 9.53 Å². The Morgan fingerprint density at radius 1 is 1.06 bits per heavy atom. The van der Waals surface area contributed by atoms with Crippen molar-refractivity contribution in [1.82, 2.24) is 0 Å². The number of rotatable bonds is 5. The van der Waals surface area contributed by atoms with Crippen molar-refractivity contribution >= 4 is 35.3 Å². The highest BCUT2D eigenvalue weighted by Gasteiger charge is 2.47. The molecule has 0 atom stereocenters. The molecule has 0 unspecified atom stereocenters. The van der Waals surface area contributed by atoms with Crippen molar-refractivity contribution in [2.75, 3.05) is 12.1 Å². The highest BCUT2D eigenvalue weighted by atomic mass is 19.4. The van der Waals surface area contributed by atoms with Gasteiger partial charge in [-0.25, -0.2) is 4.79 Å². The van der Waals surface area contributed by atoms with Crippen LogP contribution >= 0.6 is 0 Å². The number of carboxylic acid groups (broad SMARTS) is 1. The molecule has 0 aliphatic carbocycles. The molecule has 2 aromatic carbocycles. The maximum Gasteiger partial charge on any atom is 0.435 e. The minimum absolute atomic E-state index is 0.0749. The van der Waals surface area contributed by atoms with E-state index in [1.807, 2.05) is 0 Å². The first-order valence-corrected chi connectivity index (χ1v) is 9.91. The van der Waals surface area contributed by atoms with Gasteiger partial charge in [0.25, 0.3) is 5.91 Å². The number of anilines is 1. The summed E-state index contributed by atoms with van der Waals surface area (Å²) in [5.41, 5.74) is -2.07. The molecule has 0 fully saturated rings. The number of carboxylic acids is 1. The summed E-state index contributed by atoms with van der Waals surface area (Å²) in [6.07, 6.45) is -4.09. The molecule has 0 saturated heterocycles. The van der Waals surface area contributed by atoms with E-state index in [-0.39, 0.29) is 28.3 Å². The van der Waals surface area contributed by atoms with Gasteiger partial charge in [-0.1, -0.05) is 24.3 Å². The van der Waals surface area contributed by atoms with Crippen molar-refractivity contribution < 1.29 is 41.8 Å². The number of methoxy groups -OCH3 is 1. The van der Waals surface area contributed by atoms with Crippen LogP contribution in [0.3, 0.4) is 0 Å². The number of furan rings is 1. The molecule has 3 aromatic rings. The van der Waals surface area contributed by atoms with E-state index in [0.29, 0.717) is 10.6 Å². The first-order valence-electron chi connectivity index (χ1n) is 9.91. The first kappa shape index (κ1) is 23.5. The molecule has 35 heavy (non-hydrogen) atoms. The normalized spacial score (nSPS) is 14.9. The molecule has 0 N–H and O–H groups in total. The Balaban J connectivity index is 1.70. The monoisotopic (exact) mass is 483 g/mol. The van der Waals surface area contributed by atoms with E-state index in [0.717, 1.165) is 12.1 Å². The fourth-order valence-electron chi connectivity index (χ4n) is 3.34. The smallest absolute Gasteiger partial charge is 0.435 e. The van der Waals surface area contributed by atoms with E-state index in [4.69, 9.17) is 4.42 Å². The first-order chi connectivity index (χ1) is 16.6. The second-order valence-electron chi connectivity index (χ2n) is 7.23. The largest absolute Gasteiger partial charge is 0.545 e. The predicted molar refractivity (Wildman–Crippen MR) is 115 cm³/mol. The molecule has 2 heterocycles. The van der Waals surface area contributed by atoms with Crippen molar-refractivity contribution in [2.24, 2.45) is 5.10 Å². The van der Waals surface area contributed by atoms with E-state index in [2.05, 4.69) is 9.84 Å². The van der Waals surface area contributed by atoms with Crippen molar-refractivity contribution in [3.63, 3.8) is 0 Å². The second-order valence-corrected chi connectivity index (χ2v) is 7.23. The third kappa shape index (κ3) is 4.69. The van der Waals surface area contributed by atoms with E-state index >= 15 is 0 Å². The number of hydrazone groups is 1. The van der Waals surface area contributed by atoms with E-state index in [1.165, 1.54) is 49.6 Å². The summed E-state index contributed by atoms with van der Waals surface area (Å²) < 4.78 is 51.3. The summed E-state index contributed by atoms with van der Waals surface area (Å²) in [4.78, 5) is 35.7. The molecule has 178 valence electrons. The van der Waals surface area contributed by atoms with Gasteiger partial charge in [-0.15, -0.1) is 0 Å². The van der Waals surface area contributed by atoms with Crippen molar-refractivity contribution in [2.45, 2.75) is 6.18 Å². The van der Waals surface area contributed by atoms with Gasteiger partial charge >= 0.3 is 12.1 Å². The number of nitrogens with zero attached hydrogens (tertiary/aromatic N) is 2. The molecule has 1 aliphatic heterocycles. The van der Waals surface area contributed by atoms with Crippen molar-refractivity contribution in [3.05, 3.63) is 83.1 Å². The van der Waals surface area contributed by atoms with Crippen LogP contribution in [0.5, 0.6) is 0 Å². The zero-order valence-electron chi connectivity index (χ0n) is 17.8. The van der Waals surface area contributed by atoms with Crippen LogP contribution in [0.2, 0.25) is 0 Å². The van der Waals surface area contributed by atoms with Crippen molar-refractivity contribution in [1.29, 1.82) is 0 Å². The molecule has 11 heteroatoms. The van der Waals surface area contributed by atoms with Gasteiger partial charge in [0.05, 0.1) is 29.9 Å². The summed E-state index contributed by atoms with van der Waals surface area (Å²) in [6.45, 7) is 0. The van der Waals surface area contributed by atoms with Crippen LogP contribution in [0.4, 0.5) is 18.9 Å². The summed E-state index contributed by atoms with van der Waals surface area (Å²) in [7, 11) is 1.22. The molecule has 0 radical (unpaired) electrons. The molecule has 0 spiro atoms. The summed E-state index contributed by atoms with van der Waals surface area (Å²) in [5.74, 6) is -3.11. The van der Waals surface area contributed by atoms with E-state index < -0.39 is 35.3 Å². The lowest BCUT2D eigenvalue weighted by Gasteiger charge is -2.13. The van der Waals surface area contributed by atoms with Gasteiger partial charge in [0, 0.05) is 5.56 Å². The van der Waals surface area contributed by atoms with Crippen molar-refractivity contribution in [3.8, 4) is 11.3 Å². The highest BCUT2D eigenvalue weighted by Crippen LogP contribution is 2.33.